The van der Waals surface area contributed by atoms with Crippen LogP contribution in [0.5, 0.6) is 5.75 Å². The van der Waals surface area contributed by atoms with Crippen LogP contribution in [0.4, 0.5) is 5.69 Å². The number of halogens is 2. The fraction of sp³-hybridized carbons (Fsp3) is 0.100. The zero-order chi connectivity index (χ0) is 19.9. The van der Waals surface area contributed by atoms with Gasteiger partial charge in [-0.3, -0.25) is 10.1 Å². The fourth-order valence-corrected chi connectivity index (χ4v) is 4.82. The lowest BCUT2D eigenvalue weighted by atomic mass is 9.77. The summed E-state index contributed by atoms with van der Waals surface area (Å²) in [6.07, 6.45) is 0. The molecule has 1 aliphatic heterocycles. The predicted molar refractivity (Wildman–Crippen MR) is 113 cm³/mol. The molecule has 0 spiro atoms. The van der Waals surface area contributed by atoms with E-state index in [1.165, 1.54) is 12.1 Å². The maximum absolute atomic E-state index is 11.3. The van der Waals surface area contributed by atoms with Crippen molar-refractivity contribution in [1.82, 2.24) is 0 Å². The molecule has 6 nitrogen and oxygen atoms in total. The van der Waals surface area contributed by atoms with E-state index in [1.54, 1.807) is 12.1 Å². The van der Waals surface area contributed by atoms with Gasteiger partial charge < -0.3 is 4.74 Å². The highest BCUT2D eigenvalue weighted by molar-refractivity contribution is 9.10. The number of hydrogen-bond donors (Lipinski definition) is 0. The minimum absolute atomic E-state index is 0.0455. The number of nitro benzene ring substituents is 1. The molecule has 0 fully saturated rings. The molecule has 3 aromatic rings. The van der Waals surface area contributed by atoms with E-state index in [4.69, 9.17) is 4.74 Å². The van der Waals surface area contributed by atoms with Crippen molar-refractivity contribution in [3.05, 3.63) is 81.9 Å². The Hall–Kier alpha value is -2.76. The summed E-state index contributed by atoms with van der Waals surface area (Å²) in [4.78, 5) is 10.9. The van der Waals surface area contributed by atoms with Gasteiger partial charge in [-0.15, -0.1) is 0 Å². The van der Waals surface area contributed by atoms with Gasteiger partial charge in [0.15, 0.2) is 4.32 Å². The first-order chi connectivity index (χ1) is 13.5. The molecule has 2 atom stereocenters. The second-order valence-electron chi connectivity index (χ2n) is 6.30. The van der Waals surface area contributed by atoms with Gasteiger partial charge in [-0.05, 0) is 22.4 Å². The van der Waals surface area contributed by atoms with E-state index in [0.29, 0.717) is 11.3 Å². The van der Waals surface area contributed by atoms with Crippen molar-refractivity contribution in [2.24, 2.45) is 4.02 Å². The maximum Gasteiger partial charge on any atom is 0.269 e. The molecule has 4 rings (SSSR count). The third-order valence-corrected chi connectivity index (χ3v) is 6.09. The van der Waals surface area contributed by atoms with Crippen molar-refractivity contribution < 1.29 is 9.66 Å². The normalized spacial score (nSPS) is 22.3. The summed E-state index contributed by atoms with van der Waals surface area (Å²) < 4.78 is 8.57. The second-order valence-corrected chi connectivity index (χ2v) is 7.90. The third-order valence-electron chi connectivity index (χ3n) is 4.79. The molecule has 0 saturated carbocycles. The molecule has 8 heteroatoms. The van der Waals surface area contributed by atoms with E-state index in [2.05, 4.69) is 42.2 Å². The number of nitriles is 1. The molecular weight excluding hydrogens is 490 g/mol. The second kappa shape index (κ2) is 7.00. The number of hydrogen-bond acceptors (Lipinski definition) is 5. The summed E-state index contributed by atoms with van der Waals surface area (Å²) in [5.74, 6) is 0.108. The summed E-state index contributed by atoms with van der Waals surface area (Å²) in [6, 6.07) is 20.0. The maximum atomic E-state index is 11.3. The predicted octanol–water partition coefficient (Wildman–Crippen LogP) is 5.64. The molecule has 3 aromatic carbocycles. The first kappa shape index (κ1) is 18.6. The summed E-state index contributed by atoms with van der Waals surface area (Å²) in [7, 11) is 0. The van der Waals surface area contributed by atoms with Crippen LogP contribution < -0.4 is 4.74 Å². The molecule has 1 aliphatic rings. The number of alkyl halides is 1. The molecule has 0 aromatic heterocycles. The third kappa shape index (κ3) is 2.79. The van der Waals surface area contributed by atoms with Gasteiger partial charge >= 0.3 is 0 Å². The number of ether oxygens (including phenoxy) is 1. The highest BCUT2D eigenvalue weighted by atomic mass is 79.9. The first-order valence-corrected chi connectivity index (χ1v) is 9.73. The summed E-state index contributed by atoms with van der Waals surface area (Å²) in [5, 5.41) is 23.3. The van der Waals surface area contributed by atoms with Crippen molar-refractivity contribution >= 4 is 54.4 Å². The van der Waals surface area contributed by atoms with Gasteiger partial charge in [0, 0.05) is 17.7 Å². The molecule has 0 amide bonds. The Balaban J connectivity index is 2.09. The van der Waals surface area contributed by atoms with Crippen LogP contribution in [0.15, 0.2) is 64.7 Å². The number of fused-ring (bicyclic) bond motifs is 3. The van der Waals surface area contributed by atoms with Crippen molar-refractivity contribution in [3.8, 4) is 11.8 Å². The SMILES string of the molecule is N#CC1(Br)C(=NBr)Oc2ccc3ccccc3c2C1c1cccc([N+](=O)[O-])c1. The zero-order valence-corrected chi connectivity index (χ0v) is 17.3. The average Bonchev–Trinajstić information content (AvgIpc) is 2.73. The van der Waals surface area contributed by atoms with Crippen LogP contribution in [-0.2, 0) is 0 Å². The molecule has 0 N–H and O–H groups in total. The van der Waals surface area contributed by atoms with Gasteiger partial charge in [-0.1, -0.05) is 58.4 Å². The molecule has 28 heavy (non-hydrogen) atoms. The molecule has 0 radical (unpaired) electrons. The van der Waals surface area contributed by atoms with Crippen LogP contribution in [0.25, 0.3) is 10.8 Å². The Morgan fingerprint density at radius 1 is 1.18 bits per heavy atom. The summed E-state index contributed by atoms with van der Waals surface area (Å²) >= 11 is 6.57. The van der Waals surface area contributed by atoms with Crippen molar-refractivity contribution in [3.63, 3.8) is 0 Å². The van der Waals surface area contributed by atoms with Gasteiger partial charge in [0.2, 0.25) is 5.90 Å². The highest BCUT2D eigenvalue weighted by Crippen LogP contribution is 2.51. The number of benzene rings is 3. The molecule has 138 valence electrons. The minimum atomic E-state index is -1.34. The van der Waals surface area contributed by atoms with Crippen LogP contribution in [0.2, 0.25) is 0 Å². The lowest BCUT2D eigenvalue weighted by Crippen LogP contribution is -2.44. The van der Waals surface area contributed by atoms with E-state index in [0.717, 1.165) is 16.3 Å². The lowest BCUT2D eigenvalue weighted by Gasteiger charge is -2.37. The highest BCUT2D eigenvalue weighted by Gasteiger charge is 2.51. The average molecular weight is 501 g/mol. The van der Waals surface area contributed by atoms with Crippen LogP contribution in [0.3, 0.4) is 0 Å². The standard InChI is InChI=1S/C20H11Br2N3O3/c21-20(11-23)18(13-5-3-6-14(10-13)25(26)27)17-15-7-2-1-4-12(15)8-9-16(17)28-19(20)24-22/h1-10,18H. The van der Waals surface area contributed by atoms with Crippen LogP contribution in [-0.4, -0.2) is 15.1 Å². The minimum Gasteiger partial charge on any atom is -0.439 e. The monoisotopic (exact) mass is 499 g/mol. The van der Waals surface area contributed by atoms with E-state index < -0.39 is 15.2 Å². The number of nitrogens with zero attached hydrogens (tertiary/aromatic N) is 3. The van der Waals surface area contributed by atoms with Crippen LogP contribution in [0.1, 0.15) is 17.0 Å². The number of nitro groups is 1. The largest absolute Gasteiger partial charge is 0.439 e. The number of rotatable bonds is 2. The lowest BCUT2D eigenvalue weighted by molar-refractivity contribution is -0.384. The number of non-ortho nitro benzene ring substituents is 1. The summed E-state index contributed by atoms with van der Waals surface area (Å²) in [6.45, 7) is 0. The van der Waals surface area contributed by atoms with Gasteiger partial charge in [0.25, 0.3) is 5.69 Å². The topological polar surface area (TPSA) is 88.5 Å². The molecule has 1 heterocycles. The Morgan fingerprint density at radius 3 is 2.68 bits per heavy atom. The molecule has 2 unspecified atom stereocenters. The fourth-order valence-electron chi connectivity index (χ4n) is 3.57. The molecule has 0 saturated heterocycles. The Morgan fingerprint density at radius 2 is 1.96 bits per heavy atom. The Bertz CT molecular complexity index is 1190. The van der Waals surface area contributed by atoms with E-state index in [1.807, 2.05) is 36.4 Å². The zero-order valence-electron chi connectivity index (χ0n) is 14.2. The Labute approximate surface area is 177 Å². The van der Waals surface area contributed by atoms with Crippen LogP contribution >= 0.6 is 32.1 Å². The quantitative estimate of drug-likeness (QED) is 0.259. The smallest absolute Gasteiger partial charge is 0.269 e. The van der Waals surface area contributed by atoms with Gasteiger partial charge in [0.1, 0.15) is 5.75 Å². The van der Waals surface area contributed by atoms with E-state index >= 15 is 0 Å². The van der Waals surface area contributed by atoms with Crippen molar-refractivity contribution in [2.75, 3.05) is 0 Å². The van der Waals surface area contributed by atoms with Crippen LogP contribution in [0, 0.1) is 21.4 Å². The van der Waals surface area contributed by atoms with Gasteiger partial charge in [-0.2, -0.15) is 9.28 Å². The molecule has 0 aliphatic carbocycles. The van der Waals surface area contributed by atoms with Crippen molar-refractivity contribution in [1.29, 1.82) is 5.26 Å². The molecular formula is C20H11Br2N3O3. The first-order valence-electron chi connectivity index (χ1n) is 8.23. The van der Waals surface area contributed by atoms with E-state index in [-0.39, 0.29) is 11.6 Å². The molecule has 0 bridgehead atoms. The van der Waals surface area contributed by atoms with E-state index in [9.17, 15) is 15.4 Å². The Kier molecular flexibility index (Phi) is 4.65. The van der Waals surface area contributed by atoms with Crippen molar-refractivity contribution in [2.45, 2.75) is 10.2 Å². The van der Waals surface area contributed by atoms with Gasteiger partial charge in [-0.25, -0.2) is 0 Å². The summed E-state index contributed by atoms with van der Waals surface area (Å²) in [5.41, 5.74) is 1.34. The van der Waals surface area contributed by atoms with Gasteiger partial charge in [0.05, 0.1) is 33.1 Å².